The third kappa shape index (κ3) is 3.32. The number of carbonyl (C=O) groups excluding carboxylic acids is 1. The molecule has 0 aliphatic rings. The summed E-state index contributed by atoms with van der Waals surface area (Å²) in [6.45, 7) is 2.73. The molecular weight excluding hydrogens is 306 g/mol. The van der Waals surface area contributed by atoms with Crippen molar-refractivity contribution < 1.29 is 9.21 Å². The fourth-order valence-corrected chi connectivity index (χ4v) is 2.72. The standard InChI is InChI=1S/C18H21N3O3/c1-2-3-4-7-10-19-15(22)11-21-12-20-16-13-8-5-6-9-14(13)24-17(16)18(21)23/h5-6,8-9,12H,2-4,7,10-11H2,1H3,(H,19,22). The molecule has 1 N–H and O–H groups in total. The highest BCUT2D eigenvalue weighted by Gasteiger charge is 2.14. The van der Waals surface area contributed by atoms with Crippen molar-refractivity contribution >= 4 is 28.0 Å². The molecule has 0 atom stereocenters. The molecular formula is C18H21N3O3. The van der Waals surface area contributed by atoms with Crippen molar-refractivity contribution in [2.75, 3.05) is 6.54 Å². The van der Waals surface area contributed by atoms with E-state index in [-0.39, 0.29) is 23.6 Å². The molecule has 0 unspecified atom stereocenters. The van der Waals surface area contributed by atoms with Crippen LogP contribution in [-0.2, 0) is 11.3 Å². The summed E-state index contributed by atoms with van der Waals surface area (Å²) >= 11 is 0. The van der Waals surface area contributed by atoms with E-state index in [4.69, 9.17) is 4.42 Å². The van der Waals surface area contributed by atoms with E-state index in [9.17, 15) is 9.59 Å². The lowest BCUT2D eigenvalue weighted by Crippen LogP contribution is -2.32. The van der Waals surface area contributed by atoms with Crippen LogP contribution in [0.4, 0.5) is 0 Å². The molecule has 0 aliphatic carbocycles. The van der Waals surface area contributed by atoms with Gasteiger partial charge in [0.15, 0.2) is 0 Å². The maximum Gasteiger partial charge on any atom is 0.297 e. The minimum absolute atomic E-state index is 0.0490. The average molecular weight is 327 g/mol. The number of aromatic nitrogens is 2. The first-order valence-electron chi connectivity index (χ1n) is 8.34. The molecule has 0 bridgehead atoms. The van der Waals surface area contributed by atoms with E-state index in [0.717, 1.165) is 24.6 Å². The van der Waals surface area contributed by atoms with E-state index in [2.05, 4.69) is 17.2 Å². The molecule has 0 saturated heterocycles. The summed E-state index contributed by atoms with van der Waals surface area (Å²) in [5.41, 5.74) is 1.01. The largest absolute Gasteiger partial charge is 0.448 e. The molecule has 3 aromatic rings. The van der Waals surface area contributed by atoms with Crippen LogP contribution in [0, 0.1) is 0 Å². The van der Waals surface area contributed by atoms with Crippen LogP contribution in [-0.4, -0.2) is 22.0 Å². The lowest BCUT2D eigenvalue weighted by molar-refractivity contribution is -0.121. The smallest absolute Gasteiger partial charge is 0.297 e. The molecule has 0 spiro atoms. The number of fused-ring (bicyclic) bond motifs is 3. The van der Waals surface area contributed by atoms with Gasteiger partial charge in [-0.05, 0) is 18.6 Å². The summed E-state index contributed by atoms with van der Waals surface area (Å²) in [5, 5.41) is 3.64. The lowest BCUT2D eigenvalue weighted by Gasteiger charge is -2.06. The predicted octanol–water partition coefficient (Wildman–Crippen LogP) is 2.84. The van der Waals surface area contributed by atoms with Gasteiger partial charge in [-0.25, -0.2) is 4.98 Å². The minimum atomic E-state index is -0.336. The van der Waals surface area contributed by atoms with Crippen molar-refractivity contribution in [3.05, 3.63) is 40.9 Å². The number of nitrogens with one attached hydrogen (secondary N) is 1. The number of hydrogen-bond donors (Lipinski definition) is 1. The summed E-state index contributed by atoms with van der Waals surface area (Å²) in [7, 11) is 0. The Morgan fingerprint density at radius 1 is 1.25 bits per heavy atom. The maximum absolute atomic E-state index is 12.5. The van der Waals surface area contributed by atoms with Gasteiger partial charge in [-0.1, -0.05) is 38.3 Å². The second-order valence-electron chi connectivity index (χ2n) is 5.86. The van der Waals surface area contributed by atoms with Crippen LogP contribution in [0.15, 0.2) is 39.8 Å². The van der Waals surface area contributed by atoms with Crippen LogP contribution in [0.1, 0.15) is 32.6 Å². The van der Waals surface area contributed by atoms with Gasteiger partial charge in [0.2, 0.25) is 11.5 Å². The summed E-state index contributed by atoms with van der Waals surface area (Å²) < 4.78 is 6.89. The van der Waals surface area contributed by atoms with Crippen molar-refractivity contribution in [3.8, 4) is 0 Å². The van der Waals surface area contributed by atoms with Crippen molar-refractivity contribution in [2.24, 2.45) is 0 Å². The Morgan fingerprint density at radius 2 is 2.08 bits per heavy atom. The molecule has 0 aliphatic heterocycles. The van der Waals surface area contributed by atoms with Gasteiger partial charge in [-0.3, -0.25) is 14.2 Å². The number of hydrogen-bond acceptors (Lipinski definition) is 4. The minimum Gasteiger partial charge on any atom is -0.448 e. The molecule has 3 rings (SSSR count). The number of benzene rings is 1. The first kappa shape index (κ1) is 16.2. The van der Waals surface area contributed by atoms with E-state index in [1.807, 2.05) is 18.2 Å². The van der Waals surface area contributed by atoms with E-state index < -0.39 is 0 Å². The predicted molar refractivity (Wildman–Crippen MR) is 92.9 cm³/mol. The third-order valence-electron chi connectivity index (χ3n) is 4.02. The Hall–Kier alpha value is -2.63. The Bertz CT molecular complexity index is 911. The Balaban J connectivity index is 1.73. The summed E-state index contributed by atoms with van der Waals surface area (Å²) in [5.74, 6) is -0.189. The molecule has 6 heteroatoms. The first-order chi connectivity index (χ1) is 11.7. The monoisotopic (exact) mass is 327 g/mol. The quantitative estimate of drug-likeness (QED) is 0.677. The topological polar surface area (TPSA) is 77.1 Å². The summed E-state index contributed by atoms with van der Waals surface area (Å²) in [6, 6.07) is 7.37. The molecule has 6 nitrogen and oxygen atoms in total. The van der Waals surface area contributed by atoms with Gasteiger partial charge in [0.05, 0.1) is 6.33 Å². The second kappa shape index (κ2) is 7.29. The van der Waals surface area contributed by atoms with Gasteiger partial charge >= 0.3 is 0 Å². The van der Waals surface area contributed by atoms with E-state index in [0.29, 0.717) is 17.6 Å². The molecule has 2 aromatic heterocycles. The Labute approximate surface area is 139 Å². The number of nitrogens with zero attached hydrogens (tertiary/aromatic N) is 2. The lowest BCUT2D eigenvalue weighted by atomic mass is 10.2. The van der Waals surface area contributed by atoms with Gasteiger partial charge in [-0.15, -0.1) is 0 Å². The van der Waals surface area contributed by atoms with Crippen molar-refractivity contribution in [1.82, 2.24) is 14.9 Å². The maximum atomic E-state index is 12.5. The zero-order valence-electron chi connectivity index (χ0n) is 13.7. The van der Waals surface area contributed by atoms with Crippen molar-refractivity contribution in [2.45, 2.75) is 39.2 Å². The van der Waals surface area contributed by atoms with E-state index in [1.165, 1.54) is 17.3 Å². The van der Waals surface area contributed by atoms with Gasteiger partial charge in [0.25, 0.3) is 5.56 Å². The molecule has 0 radical (unpaired) electrons. The van der Waals surface area contributed by atoms with Crippen LogP contribution in [0.3, 0.4) is 0 Å². The van der Waals surface area contributed by atoms with Crippen LogP contribution in [0.25, 0.3) is 22.1 Å². The molecule has 0 saturated carbocycles. The normalized spacial score (nSPS) is 11.2. The molecule has 126 valence electrons. The average Bonchev–Trinajstić information content (AvgIpc) is 2.97. The number of carbonyl (C=O) groups is 1. The SMILES string of the molecule is CCCCCCNC(=O)Cn1cnc2c(oc3ccccc32)c1=O. The highest BCUT2D eigenvalue weighted by atomic mass is 16.3. The van der Waals surface area contributed by atoms with Crippen LogP contribution >= 0.6 is 0 Å². The molecule has 1 amide bonds. The molecule has 24 heavy (non-hydrogen) atoms. The van der Waals surface area contributed by atoms with Crippen molar-refractivity contribution in [3.63, 3.8) is 0 Å². The van der Waals surface area contributed by atoms with Crippen LogP contribution in [0.2, 0.25) is 0 Å². The van der Waals surface area contributed by atoms with Gasteiger partial charge in [-0.2, -0.15) is 0 Å². The first-order valence-corrected chi connectivity index (χ1v) is 8.34. The van der Waals surface area contributed by atoms with E-state index >= 15 is 0 Å². The highest BCUT2D eigenvalue weighted by Crippen LogP contribution is 2.23. The number of para-hydroxylation sites is 1. The zero-order valence-corrected chi connectivity index (χ0v) is 13.7. The summed E-state index contributed by atoms with van der Waals surface area (Å²) in [6.07, 6.45) is 5.79. The fourth-order valence-electron chi connectivity index (χ4n) is 2.72. The Morgan fingerprint density at radius 3 is 2.92 bits per heavy atom. The third-order valence-corrected chi connectivity index (χ3v) is 4.02. The number of rotatable bonds is 7. The molecule has 1 aromatic carbocycles. The van der Waals surface area contributed by atoms with Crippen molar-refractivity contribution in [1.29, 1.82) is 0 Å². The Kier molecular flexibility index (Phi) is 4.93. The zero-order chi connectivity index (χ0) is 16.9. The summed E-state index contributed by atoms with van der Waals surface area (Å²) in [4.78, 5) is 28.8. The number of amides is 1. The highest BCUT2D eigenvalue weighted by molar-refractivity contribution is 6.01. The van der Waals surface area contributed by atoms with Gasteiger partial charge in [0.1, 0.15) is 17.6 Å². The van der Waals surface area contributed by atoms with Gasteiger partial charge in [0, 0.05) is 11.9 Å². The molecule has 2 heterocycles. The fraction of sp³-hybridized carbons (Fsp3) is 0.389. The van der Waals surface area contributed by atoms with E-state index in [1.54, 1.807) is 6.07 Å². The van der Waals surface area contributed by atoms with Crippen LogP contribution in [0.5, 0.6) is 0 Å². The van der Waals surface area contributed by atoms with Gasteiger partial charge < -0.3 is 9.73 Å². The van der Waals surface area contributed by atoms with Crippen LogP contribution < -0.4 is 10.9 Å². The number of furan rings is 1. The number of unbranched alkanes of at least 4 members (excludes halogenated alkanes) is 3. The second-order valence-corrected chi connectivity index (χ2v) is 5.86. The molecule has 0 fully saturated rings.